The van der Waals surface area contributed by atoms with Gasteiger partial charge in [0.2, 0.25) is 5.91 Å². The van der Waals surface area contributed by atoms with Crippen LogP contribution in [0.1, 0.15) is 22.8 Å². The van der Waals surface area contributed by atoms with Gasteiger partial charge in [-0.2, -0.15) is 0 Å². The number of thiazole rings is 1. The van der Waals surface area contributed by atoms with Gasteiger partial charge in [0.1, 0.15) is 0 Å². The molecule has 3 rings (SSSR count). The van der Waals surface area contributed by atoms with E-state index in [1.165, 1.54) is 18.3 Å². The Hall–Kier alpha value is -3.10. The minimum atomic E-state index is -0.277. The second-order valence-electron chi connectivity index (χ2n) is 5.92. The molecule has 0 saturated carbocycles. The van der Waals surface area contributed by atoms with Crippen molar-refractivity contribution in [3.63, 3.8) is 0 Å². The molecule has 3 N–H and O–H groups in total. The first-order chi connectivity index (χ1) is 13.5. The molecule has 28 heavy (non-hydrogen) atoms. The first-order valence-electron chi connectivity index (χ1n) is 8.48. The van der Waals surface area contributed by atoms with Crippen molar-refractivity contribution in [3.8, 4) is 11.3 Å². The van der Waals surface area contributed by atoms with Gasteiger partial charge >= 0.3 is 0 Å². The fraction of sp³-hybridized carbons (Fsp3) is 0.100. The monoisotopic (exact) mass is 410 g/mol. The van der Waals surface area contributed by atoms with Crippen LogP contribution in [0.25, 0.3) is 11.3 Å². The summed E-state index contributed by atoms with van der Waals surface area (Å²) in [5.41, 5.74) is 3.24. The van der Waals surface area contributed by atoms with Crippen LogP contribution in [0, 0.1) is 0 Å². The molecule has 0 atom stereocenters. The molecule has 0 unspecified atom stereocenters. The number of hydrogen-bond donors (Lipinski definition) is 3. The third-order valence-corrected chi connectivity index (χ3v) is 4.71. The van der Waals surface area contributed by atoms with Crippen molar-refractivity contribution >= 4 is 45.6 Å². The standard InChI is InChI=1S/C20H18N4O2S2/c1-13(25)21-11-14-6-5-9-16(10-14)17-12-28-20(22-17)24-19(27)23-18(26)15-7-3-2-4-8-15/h2-10,12H,11H2,1H3,(H,21,25)(H2,22,23,24,26,27). The molecule has 0 aliphatic heterocycles. The number of aromatic nitrogens is 1. The molecule has 0 radical (unpaired) electrons. The summed E-state index contributed by atoms with van der Waals surface area (Å²) in [6.45, 7) is 1.95. The van der Waals surface area contributed by atoms with E-state index >= 15 is 0 Å². The Kier molecular flexibility index (Phi) is 6.46. The number of nitrogens with zero attached hydrogens (tertiary/aromatic N) is 1. The lowest BCUT2D eigenvalue weighted by Gasteiger charge is -2.07. The summed E-state index contributed by atoms with van der Waals surface area (Å²) in [7, 11) is 0. The normalized spacial score (nSPS) is 10.2. The van der Waals surface area contributed by atoms with Crippen LogP contribution in [-0.2, 0) is 11.3 Å². The molecule has 1 heterocycles. The zero-order valence-electron chi connectivity index (χ0n) is 15.1. The van der Waals surface area contributed by atoms with Crippen LogP contribution in [0.5, 0.6) is 0 Å². The number of benzene rings is 2. The number of rotatable bonds is 5. The summed E-state index contributed by atoms with van der Waals surface area (Å²) in [5.74, 6) is -0.350. The van der Waals surface area contributed by atoms with E-state index in [1.54, 1.807) is 24.3 Å². The Balaban J connectivity index is 1.62. The third-order valence-electron chi connectivity index (χ3n) is 3.75. The maximum atomic E-state index is 12.1. The average molecular weight is 411 g/mol. The van der Waals surface area contributed by atoms with Crippen LogP contribution < -0.4 is 16.0 Å². The predicted molar refractivity (Wildman–Crippen MR) is 115 cm³/mol. The first kappa shape index (κ1) is 19.7. The highest BCUT2D eigenvalue weighted by atomic mass is 32.1. The maximum Gasteiger partial charge on any atom is 0.257 e. The molecular formula is C20H18N4O2S2. The van der Waals surface area contributed by atoms with E-state index in [2.05, 4.69) is 20.9 Å². The predicted octanol–water partition coefficient (Wildman–Crippen LogP) is 3.57. The minimum absolute atomic E-state index is 0.0726. The largest absolute Gasteiger partial charge is 0.352 e. The highest BCUT2D eigenvalue weighted by Gasteiger charge is 2.10. The highest BCUT2D eigenvalue weighted by Crippen LogP contribution is 2.25. The van der Waals surface area contributed by atoms with Gasteiger partial charge < -0.3 is 10.6 Å². The summed E-state index contributed by atoms with van der Waals surface area (Å²) >= 11 is 6.59. The zero-order chi connectivity index (χ0) is 19.9. The molecule has 8 heteroatoms. The molecule has 1 aromatic heterocycles. The lowest BCUT2D eigenvalue weighted by molar-refractivity contribution is -0.119. The van der Waals surface area contributed by atoms with Gasteiger partial charge in [-0.3, -0.25) is 14.9 Å². The molecule has 142 valence electrons. The summed E-state index contributed by atoms with van der Waals surface area (Å²) in [6, 6.07) is 16.6. The fourth-order valence-corrected chi connectivity index (χ4v) is 3.40. The second-order valence-corrected chi connectivity index (χ2v) is 7.19. The zero-order valence-corrected chi connectivity index (χ0v) is 16.7. The molecular weight excluding hydrogens is 392 g/mol. The van der Waals surface area contributed by atoms with Crippen LogP contribution in [0.4, 0.5) is 5.13 Å². The molecule has 3 aromatic rings. The van der Waals surface area contributed by atoms with E-state index in [0.29, 0.717) is 17.2 Å². The van der Waals surface area contributed by atoms with Crippen molar-refractivity contribution in [3.05, 3.63) is 71.1 Å². The summed E-state index contributed by atoms with van der Waals surface area (Å²) < 4.78 is 0. The Morgan fingerprint density at radius 3 is 2.64 bits per heavy atom. The Morgan fingerprint density at radius 1 is 1.11 bits per heavy atom. The Morgan fingerprint density at radius 2 is 1.89 bits per heavy atom. The molecule has 0 fully saturated rings. The van der Waals surface area contributed by atoms with Gasteiger partial charge in [0, 0.05) is 30.0 Å². The highest BCUT2D eigenvalue weighted by molar-refractivity contribution is 7.80. The van der Waals surface area contributed by atoms with Crippen molar-refractivity contribution in [2.75, 3.05) is 5.32 Å². The van der Waals surface area contributed by atoms with Crippen molar-refractivity contribution < 1.29 is 9.59 Å². The molecule has 0 spiro atoms. The van der Waals surface area contributed by atoms with Crippen LogP contribution in [0.15, 0.2) is 60.0 Å². The average Bonchev–Trinajstić information content (AvgIpc) is 3.15. The summed E-state index contributed by atoms with van der Waals surface area (Å²) in [6.07, 6.45) is 0. The van der Waals surface area contributed by atoms with Gasteiger partial charge in [0.05, 0.1) is 5.69 Å². The number of amides is 2. The van der Waals surface area contributed by atoms with E-state index < -0.39 is 0 Å². The molecule has 2 amide bonds. The SMILES string of the molecule is CC(=O)NCc1cccc(-c2csc(NC(=S)NC(=O)c3ccccc3)n2)c1. The van der Waals surface area contributed by atoms with E-state index in [0.717, 1.165) is 16.8 Å². The van der Waals surface area contributed by atoms with Gasteiger partial charge in [-0.05, 0) is 36.0 Å². The molecule has 2 aromatic carbocycles. The lowest BCUT2D eigenvalue weighted by atomic mass is 10.1. The van der Waals surface area contributed by atoms with Crippen molar-refractivity contribution in [2.24, 2.45) is 0 Å². The lowest BCUT2D eigenvalue weighted by Crippen LogP contribution is -2.34. The van der Waals surface area contributed by atoms with Gasteiger partial charge in [-0.25, -0.2) is 4.98 Å². The van der Waals surface area contributed by atoms with Crippen molar-refractivity contribution in [1.82, 2.24) is 15.6 Å². The fourth-order valence-electron chi connectivity index (χ4n) is 2.42. The van der Waals surface area contributed by atoms with Gasteiger partial charge in [-0.15, -0.1) is 11.3 Å². The van der Waals surface area contributed by atoms with Crippen LogP contribution >= 0.6 is 23.6 Å². The number of carbonyl (C=O) groups excluding carboxylic acids is 2. The van der Waals surface area contributed by atoms with Gasteiger partial charge in [0.15, 0.2) is 10.2 Å². The molecule has 0 saturated heterocycles. The van der Waals surface area contributed by atoms with E-state index in [1.807, 2.05) is 35.7 Å². The number of hydrogen-bond acceptors (Lipinski definition) is 5. The molecule has 0 aliphatic rings. The third kappa shape index (κ3) is 5.45. The number of thiocarbonyl (C=S) groups is 1. The Bertz CT molecular complexity index is 1000. The van der Waals surface area contributed by atoms with Gasteiger partial charge in [-0.1, -0.05) is 36.4 Å². The Labute approximate surface area is 172 Å². The summed E-state index contributed by atoms with van der Waals surface area (Å²) in [4.78, 5) is 27.7. The van der Waals surface area contributed by atoms with Gasteiger partial charge in [0.25, 0.3) is 5.91 Å². The molecule has 6 nitrogen and oxygen atoms in total. The smallest absolute Gasteiger partial charge is 0.257 e. The minimum Gasteiger partial charge on any atom is -0.352 e. The topological polar surface area (TPSA) is 83.1 Å². The second kappa shape index (κ2) is 9.20. The van der Waals surface area contributed by atoms with E-state index in [4.69, 9.17) is 12.2 Å². The molecule has 0 bridgehead atoms. The van der Waals surface area contributed by atoms with Crippen LogP contribution in [0.3, 0.4) is 0 Å². The van der Waals surface area contributed by atoms with E-state index in [-0.39, 0.29) is 16.9 Å². The van der Waals surface area contributed by atoms with Crippen LogP contribution in [-0.4, -0.2) is 21.9 Å². The van der Waals surface area contributed by atoms with Crippen molar-refractivity contribution in [1.29, 1.82) is 0 Å². The van der Waals surface area contributed by atoms with Crippen LogP contribution in [0.2, 0.25) is 0 Å². The summed E-state index contributed by atoms with van der Waals surface area (Å²) in [5, 5.41) is 11.0. The molecule has 0 aliphatic carbocycles. The number of nitrogens with one attached hydrogen (secondary N) is 3. The number of anilines is 1. The first-order valence-corrected chi connectivity index (χ1v) is 9.77. The van der Waals surface area contributed by atoms with E-state index in [9.17, 15) is 9.59 Å². The maximum absolute atomic E-state index is 12.1. The quantitative estimate of drug-likeness (QED) is 0.560. The van der Waals surface area contributed by atoms with Crippen molar-refractivity contribution in [2.45, 2.75) is 13.5 Å². The number of carbonyl (C=O) groups is 2.